The summed E-state index contributed by atoms with van der Waals surface area (Å²) < 4.78 is 5.31. The lowest BCUT2D eigenvalue weighted by molar-refractivity contribution is 0.191. The van der Waals surface area contributed by atoms with Crippen LogP contribution in [0.3, 0.4) is 0 Å². The Hall–Kier alpha value is -0.760. The molecule has 0 amide bonds. The third-order valence-electron chi connectivity index (χ3n) is 4.14. The van der Waals surface area contributed by atoms with E-state index in [4.69, 9.17) is 4.42 Å². The first-order valence-corrected chi connectivity index (χ1v) is 8.55. The molecule has 1 saturated heterocycles. The molecule has 0 unspecified atom stereocenters. The van der Waals surface area contributed by atoms with Gasteiger partial charge in [0.2, 0.25) is 0 Å². The summed E-state index contributed by atoms with van der Waals surface area (Å²) in [5, 5.41) is 6.67. The zero-order chi connectivity index (χ0) is 15.6. The van der Waals surface area contributed by atoms with Crippen molar-refractivity contribution in [3.8, 4) is 0 Å². The Morgan fingerprint density at radius 3 is 2.78 bits per heavy atom. The molecule has 1 aromatic rings. The van der Waals surface area contributed by atoms with Gasteiger partial charge in [-0.2, -0.15) is 0 Å². The fraction of sp³-hybridized carbons (Fsp3) is 0.706. The molecule has 1 aliphatic heterocycles. The molecule has 0 radical (unpaired) electrons. The molecule has 132 valence electrons. The van der Waals surface area contributed by atoms with Crippen molar-refractivity contribution < 1.29 is 4.42 Å². The molecule has 2 N–H and O–H groups in total. The zero-order valence-electron chi connectivity index (χ0n) is 14.4. The highest BCUT2D eigenvalue weighted by atomic mass is 127. The zero-order valence-corrected chi connectivity index (χ0v) is 16.7. The molecule has 1 aromatic heterocycles. The number of rotatable bonds is 7. The number of nitrogens with zero attached hydrogens (tertiary/aromatic N) is 2. The fourth-order valence-corrected chi connectivity index (χ4v) is 2.70. The SMILES string of the molecule is CCNC(=NCc1ccco1)NCCCN1CCC(C)CC1.I. The van der Waals surface area contributed by atoms with Gasteiger partial charge in [0, 0.05) is 13.1 Å². The van der Waals surface area contributed by atoms with Crippen molar-refractivity contribution in [3.63, 3.8) is 0 Å². The monoisotopic (exact) mass is 434 g/mol. The van der Waals surface area contributed by atoms with E-state index in [2.05, 4.69) is 34.4 Å². The van der Waals surface area contributed by atoms with E-state index in [-0.39, 0.29) is 24.0 Å². The average Bonchev–Trinajstić information content (AvgIpc) is 3.04. The molecule has 23 heavy (non-hydrogen) atoms. The Balaban J connectivity index is 0.00000264. The molecule has 1 aliphatic rings. The molecular formula is C17H31IN4O. The molecule has 6 heteroatoms. The van der Waals surface area contributed by atoms with Crippen LogP contribution in [0.1, 0.15) is 38.9 Å². The summed E-state index contributed by atoms with van der Waals surface area (Å²) in [6, 6.07) is 3.84. The van der Waals surface area contributed by atoms with Gasteiger partial charge in [-0.25, -0.2) is 4.99 Å². The van der Waals surface area contributed by atoms with Crippen LogP contribution in [0.5, 0.6) is 0 Å². The van der Waals surface area contributed by atoms with Crippen LogP contribution in [0.15, 0.2) is 27.8 Å². The van der Waals surface area contributed by atoms with Gasteiger partial charge in [0.05, 0.1) is 6.26 Å². The lowest BCUT2D eigenvalue weighted by atomic mass is 9.99. The maximum absolute atomic E-state index is 5.31. The number of halogens is 1. The first-order chi connectivity index (χ1) is 10.8. The number of hydrogen-bond donors (Lipinski definition) is 2. The molecule has 1 fully saturated rings. The first kappa shape index (κ1) is 20.3. The highest BCUT2D eigenvalue weighted by molar-refractivity contribution is 14.0. The second-order valence-corrected chi connectivity index (χ2v) is 6.08. The van der Waals surface area contributed by atoms with Gasteiger partial charge < -0.3 is 20.0 Å². The lowest BCUT2D eigenvalue weighted by Gasteiger charge is -2.30. The van der Waals surface area contributed by atoms with Gasteiger partial charge in [-0.1, -0.05) is 6.92 Å². The number of nitrogens with one attached hydrogen (secondary N) is 2. The minimum atomic E-state index is 0. The molecule has 0 spiro atoms. The Kier molecular flexibility index (Phi) is 10.3. The summed E-state index contributed by atoms with van der Waals surface area (Å²) in [6.45, 7) is 10.5. The van der Waals surface area contributed by atoms with E-state index in [1.165, 1.54) is 32.5 Å². The van der Waals surface area contributed by atoms with E-state index in [0.717, 1.165) is 37.1 Å². The maximum Gasteiger partial charge on any atom is 0.191 e. The van der Waals surface area contributed by atoms with E-state index in [1.807, 2.05) is 12.1 Å². The normalized spacial score (nSPS) is 16.9. The first-order valence-electron chi connectivity index (χ1n) is 8.55. The number of guanidine groups is 1. The number of piperidine rings is 1. The Bertz CT molecular complexity index is 428. The molecule has 5 nitrogen and oxygen atoms in total. The van der Waals surface area contributed by atoms with Crippen molar-refractivity contribution in [3.05, 3.63) is 24.2 Å². The second kappa shape index (κ2) is 11.7. The Morgan fingerprint density at radius 1 is 1.35 bits per heavy atom. The van der Waals surface area contributed by atoms with Crippen molar-refractivity contribution in [1.82, 2.24) is 15.5 Å². The molecule has 2 rings (SSSR count). The number of hydrogen-bond acceptors (Lipinski definition) is 3. The highest BCUT2D eigenvalue weighted by Gasteiger charge is 2.14. The minimum Gasteiger partial charge on any atom is -0.467 e. The lowest BCUT2D eigenvalue weighted by Crippen LogP contribution is -2.39. The van der Waals surface area contributed by atoms with Crippen LogP contribution in [-0.2, 0) is 6.54 Å². The van der Waals surface area contributed by atoms with Crippen LogP contribution in [-0.4, -0.2) is 43.6 Å². The van der Waals surface area contributed by atoms with Gasteiger partial charge in [-0.3, -0.25) is 0 Å². The predicted molar refractivity (Wildman–Crippen MR) is 106 cm³/mol. The van der Waals surface area contributed by atoms with Gasteiger partial charge in [-0.05, 0) is 63.9 Å². The Morgan fingerprint density at radius 2 is 2.13 bits per heavy atom. The second-order valence-electron chi connectivity index (χ2n) is 6.08. The van der Waals surface area contributed by atoms with Crippen LogP contribution >= 0.6 is 24.0 Å². The van der Waals surface area contributed by atoms with Gasteiger partial charge in [-0.15, -0.1) is 24.0 Å². The van der Waals surface area contributed by atoms with Gasteiger partial charge in [0.15, 0.2) is 5.96 Å². The molecule has 2 heterocycles. The third kappa shape index (κ3) is 8.06. The largest absolute Gasteiger partial charge is 0.467 e. The van der Waals surface area contributed by atoms with Gasteiger partial charge in [0.1, 0.15) is 12.3 Å². The summed E-state index contributed by atoms with van der Waals surface area (Å²) in [6.07, 6.45) is 5.53. The van der Waals surface area contributed by atoms with Gasteiger partial charge in [0.25, 0.3) is 0 Å². The predicted octanol–water partition coefficient (Wildman–Crippen LogP) is 3.07. The summed E-state index contributed by atoms with van der Waals surface area (Å²) in [4.78, 5) is 7.12. The van der Waals surface area contributed by atoms with Crippen LogP contribution in [0.4, 0.5) is 0 Å². The van der Waals surface area contributed by atoms with Crippen LogP contribution in [0.2, 0.25) is 0 Å². The third-order valence-corrected chi connectivity index (χ3v) is 4.14. The summed E-state index contributed by atoms with van der Waals surface area (Å²) in [5.41, 5.74) is 0. The van der Waals surface area contributed by atoms with Crippen LogP contribution in [0.25, 0.3) is 0 Å². The highest BCUT2D eigenvalue weighted by Crippen LogP contribution is 2.15. The quantitative estimate of drug-likeness (QED) is 0.300. The van der Waals surface area contributed by atoms with Crippen LogP contribution < -0.4 is 10.6 Å². The minimum absolute atomic E-state index is 0. The van der Waals surface area contributed by atoms with Gasteiger partial charge >= 0.3 is 0 Å². The summed E-state index contributed by atoms with van der Waals surface area (Å²) in [5.74, 6) is 2.66. The van der Waals surface area contributed by atoms with E-state index in [9.17, 15) is 0 Å². The topological polar surface area (TPSA) is 52.8 Å². The Labute approximate surface area is 157 Å². The van der Waals surface area contributed by atoms with Crippen LogP contribution in [0, 0.1) is 5.92 Å². The number of aliphatic imine (C=N–C) groups is 1. The molecule has 0 aliphatic carbocycles. The van der Waals surface area contributed by atoms with Crippen molar-refractivity contribution in [2.75, 3.05) is 32.7 Å². The average molecular weight is 434 g/mol. The standard InChI is InChI=1S/C17H30N4O.HI/c1-3-18-17(20-14-16-6-4-13-22-16)19-9-5-10-21-11-7-15(2)8-12-21;/h4,6,13,15H,3,5,7-12,14H2,1-2H3,(H2,18,19,20);1H. The molecular weight excluding hydrogens is 403 g/mol. The van der Waals surface area contributed by atoms with E-state index in [0.29, 0.717) is 6.54 Å². The number of likely N-dealkylation sites (tertiary alicyclic amines) is 1. The van der Waals surface area contributed by atoms with Crippen molar-refractivity contribution in [2.24, 2.45) is 10.9 Å². The van der Waals surface area contributed by atoms with E-state index >= 15 is 0 Å². The van der Waals surface area contributed by atoms with E-state index in [1.54, 1.807) is 6.26 Å². The number of furan rings is 1. The van der Waals surface area contributed by atoms with Crippen molar-refractivity contribution in [2.45, 2.75) is 39.7 Å². The van der Waals surface area contributed by atoms with Crippen molar-refractivity contribution >= 4 is 29.9 Å². The maximum atomic E-state index is 5.31. The van der Waals surface area contributed by atoms with E-state index < -0.39 is 0 Å². The smallest absolute Gasteiger partial charge is 0.191 e. The summed E-state index contributed by atoms with van der Waals surface area (Å²) >= 11 is 0. The molecule has 0 aromatic carbocycles. The summed E-state index contributed by atoms with van der Waals surface area (Å²) in [7, 11) is 0. The molecule has 0 atom stereocenters. The fourth-order valence-electron chi connectivity index (χ4n) is 2.70. The van der Waals surface area contributed by atoms with Crippen molar-refractivity contribution in [1.29, 1.82) is 0 Å². The molecule has 0 saturated carbocycles. The molecule has 0 bridgehead atoms.